The molecule has 0 aliphatic carbocycles. The summed E-state index contributed by atoms with van der Waals surface area (Å²) in [4.78, 5) is 28.6. The van der Waals surface area contributed by atoms with Gasteiger partial charge in [-0.1, -0.05) is 32.9 Å². The van der Waals surface area contributed by atoms with Crippen molar-refractivity contribution in [2.45, 2.75) is 45.7 Å². The van der Waals surface area contributed by atoms with Crippen LogP contribution < -0.4 is 10.6 Å². The van der Waals surface area contributed by atoms with Crippen LogP contribution in [0.25, 0.3) is 11.4 Å². The molecule has 1 fully saturated rings. The summed E-state index contributed by atoms with van der Waals surface area (Å²) in [5.74, 6) is 0.533. The predicted molar refractivity (Wildman–Crippen MR) is 98.3 cm³/mol. The average molecular weight is 355 g/mol. The Hall–Kier alpha value is -2.70. The van der Waals surface area contributed by atoms with Gasteiger partial charge >= 0.3 is 0 Å². The van der Waals surface area contributed by atoms with Crippen LogP contribution in [0.2, 0.25) is 0 Å². The molecular formula is C19H25N5O2. The summed E-state index contributed by atoms with van der Waals surface area (Å²) in [5.41, 5.74) is 1.30. The highest BCUT2D eigenvalue weighted by Gasteiger charge is 2.37. The van der Waals surface area contributed by atoms with Crippen LogP contribution in [0.4, 0.5) is 0 Å². The van der Waals surface area contributed by atoms with Crippen molar-refractivity contribution in [3.8, 4) is 11.4 Å². The molecule has 2 heterocycles. The van der Waals surface area contributed by atoms with E-state index in [0.717, 1.165) is 5.56 Å². The van der Waals surface area contributed by atoms with Crippen molar-refractivity contribution in [3.05, 3.63) is 36.2 Å². The average Bonchev–Trinajstić information content (AvgIpc) is 3.02. The van der Waals surface area contributed by atoms with Gasteiger partial charge in [-0.3, -0.25) is 14.3 Å². The Morgan fingerprint density at radius 2 is 1.96 bits per heavy atom. The minimum Gasteiger partial charge on any atom is -0.351 e. The van der Waals surface area contributed by atoms with E-state index in [1.807, 2.05) is 19.2 Å². The van der Waals surface area contributed by atoms with Crippen LogP contribution in [0.5, 0.6) is 0 Å². The second kappa shape index (κ2) is 6.90. The number of hydrogen-bond donors (Lipinski definition) is 2. The lowest BCUT2D eigenvalue weighted by Crippen LogP contribution is -2.60. The number of rotatable bonds is 3. The molecule has 2 atom stereocenters. The maximum absolute atomic E-state index is 12.7. The van der Waals surface area contributed by atoms with Gasteiger partial charge in [-0.2, -0.15) is 5.10 Å². The molecule has 1 aliphatic rings. The first-order valence-corrected chi connectivity index (χ1v) is 8.80. The lowest BCUT2D eigenvalue weighted by molar-refractivity contribution is -0.125. The third kappa shape index (κ3) is 3.92. The van der Waals surface area contributed by atoms with Crippen molar-refractivity contribution in [3.63, 3.8) is 0 Å². The maximum Gasteiger partial charge on any atom is 0.251 e. The van der Waals surface area contributed by atoms with Crippen LogP contribution in [-0.4, -0.2) is 38.7 Å². The Bertz CT molecular complexity index is 804. The summed E-state index contributed by atoms with van der Waals surface area (Å²) in [6, 6.07) is 7.05. The third-order valence-electron chi connectivity index (χ3n) is 4.66. The Balaban J connectivity index is 1.71. The van der Waals surface area contributed by atoms with Crippen LogP contribution in [0, 0.1) is 5.41 Å². The summed E-state index contributed by atoms with van der Waals surface area (Å²) in [5, 5.41) is 10.4. The van der Waals surface area contributed by atoms with Gasteiger partial charge in [-0.05, 0) is 24.0 Å². The molecule has 138 valence electrons. The summed E-state index contributed by atoms with van der Waals surface area (Å²) in [7, 11) is 1.81. The van der Waals surface area contributed by atoms with E-state index >= 15 is 0 Å². The molecule has 0 unspecified atom stereocenters. The molecule has 1 saturated heterocycles. The molecule has 2 aromatic rings. The Labute approximate surface area is 153 Å². The third-order valence-corrected chi connectivity index (χ3v) is 4.66. The van der Waals surface area contributed by atoms with E-state index in [1.165, 1.54) is 0 Å². The molecule has 0 spiro atoms. The second-order valence-electron chi connectivity index (χ2n) is 7.85. The minimum absolute atomic E-state index is 0.0441. The highest BCUT2D eigenvalue weighted by atomic mass is 16.2. The first-order valence-electron chi connectivity index (χ1n) is 8.80. The van der Waals surface area contributed by atoms with Crippen molar-refractivity contribution in [2.24, 2.45) is 12.5 Å². The second-order valence-corrected chi connectivity index (χ2v) is 7.85. The van der Waals surface area contributed by atoms with E-state index in [2.05, 4.69) is 41.5 Å². The maximum atomic E-state index is 12.7. The standard InChI is InChI=1S/C19H25N5O2/c1-19(2,3)16-14(9-10-15(25)22-16)21-18(26)13-7-5-12(6-8-13)17-20-11-24(4)23-17/h5-8,11,14,16H,9-10H2,1-4H3,(H,21,26)(H,22,25)/t14-,16-/m1/s1. The van der Waals surface area contributed by atoms with E-state index < -0.39 is 0 Å². The Morgan fingerprint density at radius 1 is 1.27 bits per heavy atom. The normalized spacial score (nSPS) is 20.5. The molecule has 2 N–H and O–H groups in total. The fraction of sp³-hybridized carbons (Fsp3) is 0.474. The zero-order valence-corrected chi connectivity index (χ0v) is 15.6. The van der Waals surface area contributed by atoms with Crippen molar-refractivity contribution >= 4 is 11.8 Å². The van der Waals surface area contributed by atoms with Crippen LogP contribution in [-0.2, 0) is 11.8 Å². The molecule has 26 heavy (non-hydrogen) atoms. The van der Waals surface area contributed by atoms with Crippen LogP contribution in [0.3, 0.4) is 0 Å². The van der Waals surface area contributed by atoms with Gasteiger partial charge < -0.3 is 10.6 Å². The molecule has 0 radical (unpaired) electrons. The number of amides is 2. The first kappa shape index (κ1) is 18.1. The summed E-state index contributed by atoms with van der Waals surface area (Å²) in [6.45, 7) is 6.20. The molecule has 1 aliphatic heterocycles. The van der Waals surface area contributed by atoms with Gasteiger partial charge in [-0.25, -0.2) is 4.98 Å². The Kier molecular flexibility index (Phi) is 4.80. The number of hydrogen-bond acceptors (Lipinski definition) is 4. The molecule has 1 aromatic heterocycles. The quantitative estimate of drug-likeness (QED) is 0.880. The van der Waals surface area contributed by atoms with Crippen molar-refractivity contribution < 1.29 is 9.59 Å². The van der Waals surface area contributed by atoms with E-state index in [9.17, 15) is 9.59 Å². The monoisotopic (exact) mass is 355 g/mol. The zero-order chi connectivity index (χ0) is 18.9. The van der Waals surface area contributed by atoms with Gasteiger partial charge in [0, 0.05) is 24.6 Å². The highest BCUT2D eigenvalue weighted by Crippen LogP contribution is 2.27. The van der Waals surface area contributed by atoms with Gasteiger partial charge in [0.1, 0.15) is 6.33 Å². The smallest absolute Gasteiger partial charge is 0.251 e. The number of aryl methyl sites for hydroxylation is 1. The van der Waals surface area contributed by atoms with E-state index in [4.69, 9.17) is 0 Å². The number of nitrogens with zero attached hydrogens (tertiary/aromatic N) is 3. The van der Waals surface area contributed by atoms with E-state index in [-0.39, 0.29) is 29.3 Å². The van der Waals surface area contributed by atoms with Gasteiger partial charge in [-0.15, -0.1) is 0 Å². The first-order chi connectivity index (χ1) is 12.2. The number of aromatic nitrogens is 3. The lowest BCUT2D eigenvalue weighted by atomic mass is 9.78. The topological polar surface area (TPSA) is 88.9 Å². The molecule has 7 heteroatoms. The van der Waals surface area contributed by atoms with Gasteiger partial charge in [0.2, 0.25) is 5.91 Å². The predicted octanol–water partition coefficient (Wildman–Crippen LogP) is 1.91. The van der Waals surface area contributed by atoms with E-state index in [1.54, 1.807) is 23.1 Å². The number of carbonyl (C=O) groups is 2. The highest BCUT2D eigenvalue weighted by molar-refractivity contribution is 5.95. The summed E-state index contributed by atoms with van der Waals surface area (Å²) >= 11 is 0. The number of nitrogens with one attached hydrogen (secondary N) is 2. The molecule has 7 nitrogen and oxygen atoms in total. The number of piperidine rings is 1. The van der Waals surface area contributed by atoms with Gasteiger partial charge in [0.05, 0.1) is 12.1 Å². The molecule has 0 saturated carbocycles. The van der Waals surface area contributed by atoms with E-state index in [0.29, 0.717) is 24.2 Å². The summed E-state index contributed by atoms with van der Waals surface area (Å²) in [6.07, 6.45) is 2.72. The summed E-state index contributed by atoms with van der Waals surface area (Å²) < 4.78 is 1.64. The van der Waals surface area contributed by atoms with Crippen molar-refractivity contribution in [1.82, 2.24) is 25.4 Å². The fourth-order valence-electron chi connectivity index (χ4n) is 3.27. The molecule has 3 rings (SSSR count). The largest absolute Gasteiger partial charge is 0.351 e. The zero-order valence-electron chi connectivity index (χ0n) is 15.6. The SMILES string of the molecule is Cn1cnc(-c2ccc(C(=O)N[C@@H]3CCC(=O)N[C@H]3C(C)(C)C)cc2)n1. The van der Waals surface area contributed by atoms with Crippen molar-refractivity contribution in [1.29, 1.82) is 0 Å². The minimum atomic E-state index is -0.138. The fourth-order valence-corrected chi connectivity index (χ4v) is 3.27. The van der Waals surface area contributed by atoms with Crippen molar-refractivity contribution in [2.75, 3.05) is 0 Å². The molecular weight excluding hydrogens is 330 g/mol. The van der Waals surface area contributed by atoms with Crippen LogP contribution in [0.1, 0.15) is 44.0 Å². The molecule has 1 aromatic carbocycles. The Morgan fingerprint density at radius 3 is 2.54 bits per heavy atom. The van der Waals surface area contributed by atoms with Gasteiger partial charge in [0.15, 0.2) is 5.82 Å². The molecule has 0 bridgehead atoms. The molecule has 2 amide bonds. The van der Waals surface area contributed by atoms with Crippen LogP contribution >= 0.6 is 0 Å². The van der Waals surface area contributed by atoms with Gasteiger partial charge in [0.25, 0.3) is 5.91 Å². The lowest BCUT2D eigenvalue weighted by Gasteiger charge is -2.41. The number of carbonyl (C=O) groups excluding carboxylic acids is 2. The number of benzene rings is 1. The van der Waals surface area contributed by atoms with Crippen LogP contribution in [0.15, 0.2) is 30.6 Å².